The molecule has 2 amide bonds. The second kappa shape index (κ2) is 10.1. The zero-order valence-electron chi connectivity index (χ0n) is 20.0. The van der Waals surface area contributed by atoms with Gasteiger partial charge in [-0.15, -0.1) is 0 Å². The van der Waals surface area contributed by atoms with Gasteiger partial charge >= 0.3 is 0 Å². The third kappa shape index (κ3) is 4.83. The highest BCUT2D eigenvalue weighted by molar-refractivity contribution is 6.09. The fourth-order valence-electron chi connectivity index (χ4n) is 5.04. The SMILES string of the molecule is CCn1c2ccccc2c2cc(/C=N/NC(=O)c3ccc(NC(=O)C4CCCCC4)cc3)ccc21. The molecule has 1 fully saturated rings. The summed E-state index contributed by atoms with van der Waals surface area (Å²) in [5.74, 6) is -0.126. The number of hydrogen-bond acceptors (Lipinski definition) is 3. The predicted octanol–water partition coefficient (Wildman–Crippen LogP) is 6.10. The first-order valence-electron chi connectivity index (χ1n) is 12.4. The Balaban J connectivity index is 1.23. The van der Waals surface area contributed by atoms with Gasteiger partial charge in [-0.2, -0.15) is 5.10 Å². The van der Waals surface area contributed by atoms with Crippen LogP contribution in [0.2, 0.25) is 0 Å². The van der Waals surface area contributed by atoms with Gasteiger partial charge in [0.15, 0.2) is 0 Å². The standard InChI is InChI=1S/C29H30N4O2/c1-2-33-26-11-7-6-10-24(26)25-18-20(12-17-27(25)33)19-30-32-29(35)22-13-15-23(16-14-22)31-28(34)21-8-4-3-5-9-21/h6-7,10-19,21H,2-5,8-9H2,1H3,(H,31,34)(H,32,35)/b30-19+. The largest absolute Gasteiger partial charge is 0.341 e. The predicted molar refractivity (Wildman–Crippen MR) is 142 cm³/mol. The molecule has 2 N–H and O–H groups in total. The Hall–Kier alpha value is -3.93. The average molecular weight is 467 g/mol. The lowest BCUT2D eigenvalue weighted by molar-refractivity contribution is -0.120. The molecule has 6 nitrogen and oxygen atoms in total. The van der Waals surface area contributed by atoms with Crippen LogP contribution >= 0.6 is 0 Å². The highest BCUT2D eigenvalue weighted by Crippen LogP contribution is 2.29. The van der Waals surface area contributed by atoms with Crippen molar-refractivity contribution in [1.82, 2.24) is 9.99 Å². The number of anilines is 1. The molecule has 3 aromatic carbocycles. The Labute approximate surface area is 205 Å². The van der Waals surface area contributed by atoms with Gasteiger partial charge in [0.25, 0.3) is 5.91 Å². The van der Waals surface area contributed by atoms with Crippen LogP contribution < -0.4 is 10.7 Å². The molecule has 1 heterocycles. The second-order valence-corrected chi connectivity index (χ2v) is 9.14. The molecule has 0 atom stereocenters. The van der Waals surface area contributed by atoms with Crippen LogP contribution in [0.25, 0.3) is 21.8 Å². The van der Waals surface area contributed by atoms with Crippen LogP contribution in [0.3, 0.4) is 0 Å². The first-order chi connectivity index (χ1) is 17.1. The molecule has 5 rings (SSSR count). The Morgan fingerprint density at radius 1 is 0.943 bits per heavy atom. The van der Waals surface area contributed by atoms with E-state index >= 15 is 0 Å². The second-order valence-electron chi connectivity index (χ2n) is 9.14. The minimum absolute atomic E-state index is 0.0746. The minimum atomic E-state index is -0.296. The molecule has 0 aliphatic heterocycles. The zero-order chi connectivity index (χ0) is 24.2. The molecule has 1 aliphatic rings. The molecule has 0 bridgehead atoms. The summed E-state index contributed by atoms with van der Waals surface area (Å²) in [5, 5.41) is 9.51. The molecule has 35 heavy (non-hydrogen) atoms. The number of aromatic nitrogens is 1. The summed E-state index contributed by atoms with van der Waals surface area (Å²) < 4.78 is 2.30. The highest BCUT2D eigenvalue weighted by atomic mass is 16.2. The van der Waals surface area contributed by atoms with Crippen molar-refractivity contribution in [1.29, 1.82) is 0 Å². The molecule has 4 aromatic rings. The molecule has 0 unspecified atom stereocenters. The summed E-state index contributed by atoms with van der Waals surface area (Å²) >= 11 is 0. The van der Waals surface area contributed by atoms with Gasteiger partial charge in [-0.25, -0.2) is 5.43 Å². The number of hydrazone groups is 1. The Morgan fingerprint density at radius 2 is 1.69 bits per heavy atom. The van der Waals surface area contributed by atoms with Crippen molar-refractivity contribution < 1.29 is 9.59 Å². The fraction of sp³-hybridized carbons (Fsp3) is 0.276. The first-order valence-corrected chi connectivity index (χ1v) is 12.4. The van der Waals surface area contributed by atoms with E-state index in [2.05, 4.69) is 63.7 Å². The Morgan fingerprint density at radius 3 is 2.46 bits per heavy atom. The minimum Gasteiger partial charge on any atom is -0.341 e. The van der Waals surface area contributed by atoms with Crippen LogP contribution in [0.5, 0.6) is 0 Å². The molecule has 178 valence electrons. The number of amides is 2. The summed E-state index contributed by atoms with van der Waals surface area (Å²) in [7, 11) is 0. The van der Waals surface area contributed by atoms with Crippen molar-refractivity contribution in [3.05, 3.63) is 77.9 Å². The van der Waals surface area contributed by atoms with Gasteiger partial charge in [-0.3, -0.25) is 9.59 Å². The van der Waals surface area contributed by atoms with E-state index in [-0.39, 0.29) is 17.7 Å². The number of rotatable bonds is 6. The molecule has 0 radical (unpaired) electrons. The number of hydrogen-bond donors (Lipinski definition) is 2. The molecule has 1 aromatic heterocycles. The maximum absolute atomic E-state index is 12.5. The number of fused-ring (bicyclic) bond motifs is 3. The van der Waals surface area contributed by atoms with E-state index in [0.717, 1.165) is 37.8 Å². The fourth-order valence-corrected chi connectivity index (χ4v) is 5.04. The van der Waals surface area contributed by atoms with Crippen molar-refractivity contribution in [3.63, 3.8) is 0 Å². The third-order valence-electron chi connectivity index (χ3n) is 6.88. The van der Waals surface area contributed by atoms with Crippen LogP contribution in [0.15, 0.2) is 71.8 Å². The van der Waals surface area contributed by atoms with Crippen molar-refractivity contribution >= 4 is 45.5 Å². The molecular weight excluding hydrogens is 436 g/mol. The van der Waals surface area contributed by atoms with Gasteiger partial charge in [-0.1, -0.05) is 43.5 Å². The number of para-hydroxylation sites is 1. The number of nitrogens with one attached hydrogen (secondary N) is 2. The van der Waals surface area contributed by atoms with Gasteiger partial charge in [0, 0.05) is 45.5 Å². The third-order valence-corrected chi connectivity index (χ3v) is 6.88. The van der Waals surface area contributed by atoms with Gasteiger partial charge in [-0.05, 0) is 67.8 Å². The molecule has 0 saturated heterocycles. The summed E-state index contributed by atoms with van der Waals surface area (Å²) in [4.78, 5) is 25.0. The number of carbonyl (C=O) groups excluding carboxylic acids is 2. The summed E-state index contributed by atoms with van der Waals surface area (Å²) in [6, 6.07) is 21.5. The Kier molecular flexibility index (Phi) is 6.62. The van der Waals surface area contributed by atoms with Gasteiger partial charge < -0.3 is 9.88 Å². The highest BCUT2D eigenvalue weighted by Gasteiger charge is 2.21. The van der Waals surface area contributed by atoms with Gasteiger partial charge in [0.2, 0.25) is 5.91 Å². The van der Waals surface area contributed by atoms with Gasteiger partial charge in [0.1, 0.15) is 0 Å². The number of benzene rings is 3. The number of carbonyl (C=O) groups is 2. The molecule has 0 spiro atoms. The van der Waals surface area contributed by atoms with Crippen LogP contribution in [0.4, 0.5) is 5.69 Å². The van der Waals surface area contributed by atoms with E-state index in [1.54, 1.807) is 30.5 Å². The lowest BCUT2D eigenvalue weighted by Gasteiger charge is -2.20. The lowest BCUT2D eigenvalue weighted by atomic mass is 9.88. The molecule has 6 heteroatoms. The summed E-state index contributed by atoms with van der Waals surface area (Å²) in [6.07, 6.45) is 7.03. The van der Waals surface area contributed by atoms with Crippen molar-refractivity contribution in [2.24, 2.45) is 11.0 Å². The van der Waals surface area contributed by atoms with Gasteiger partial charge in [0.05, 0.1) is 6.21 Å². The zero-order valence-corrected chi connectivity index (χ0v) is 20.0. The van der Waals surface area contributed by atoms with Crippen LogP contribution in [-0.4, -0.2) is 22.6 Å². The quantitative estimate of drug-likeness (QED) is 0.266. The van der Waals surface area contributed by atoms with E-state index in [4.69, 9.17) is 0 Å². The van der Waals surface area contributed by atoms with Crippen LogP contribution in [-0.2, 0) is 11.3 Å². The maximum Gasteiger partial charge on any atom is 0.271 e. The normalized spacial score (nSPS) is 14.5. The van der Waals surface area contributed by atoms with E-state index in [0.29, 0.717) is 11.3 Å². The number of aryl methyl sites for hydroxylation is 1. The van der Waals surface area contributed by atoms with Crippen LogP contribution in [0, 0.1) is 5.92 Å². The molecule has 1 aliphatic carbocycles. The van der Waals surface area contributed by atoms with E-state index in [9.17, 15) is 9.59 Å². The first kappa shape index (κ1) is 22.8. The topological polar surface area (TPSA) is 75.5 Å². The Bertz CT molecular complexity index is 1400. The van der Waals surface area contributed by atoms with E-state index in [1.807, 2.05) is 6.07 Å². The monoisotopic (exact) mass is 466 g/mol. The van der Waals surface area contributed by atoms with E-state index < -0.39 is 0 Å². The maximum atomic E-state index is 12.5. The van der Waals surface area contributed by atoms with Crippen LogP contribution in [0.1, 0.15) is 54.9 Å². The van der Waals surface area contributed by atoms with Crippen molar-refractivity contribution in [2.75, 3.05) is 5.32 Å². The van der Waals surface area contributed by atoms with E-state index in [1.165, 1.54) is 28.2 Å². The lowest BCUT2D eigenvalue weighted by Crippen LogP contribution is -2.24. The summed E-state index contributed by atoms with van der Waals surface area (Å²) in [6.45, 7) is 3.05. The molecular formula is C29H30N4O2. The smallest absolute Gasteiger partial charge is 0.271 e. The number of nitrogens with zero attached hydrogens (tertiary/aromatic N) is 2. The van der Waals surface area contributed by atoms with Crippen molar-refractivity contribution in [2.45, 2.75) is 45.6 Å². The van der Waals surface area contributed by atoms with Crippen molar-refractivity contribution in [3.8, 4) is 0 Å². The average Bonchev–Trinajstić information content (AvgIpc) is 3.22. The molecule has 1 saturated carbocycles. The summed E-state index contributed by atoms with van der Waals surface area (Å²) in [5.41, 5.74) is 7.11.